The summed E-state index contributed by atoms with van der Waals surface area (Å²) in [7, 11) is 0.751. The van der Waals surface area contributed by atoms with E-state index in [1.165, 1.54) is 18.4 Å². The number of hydrogen-bond donors (Lipinski definition) is 2. The maximum Gasteiger partial charge on any atom is 0.330 e. The lowest BCUT2D eigenvalue weighted by molar-refractivity contribution is -0.143. The Balaban J connectivity index is 1.88. The molecule has 2 rings (SSSR count). The highest BCUT2D eigenvalue weighted by Crippen LogP contribution is 2.36. The Kier molecular flexibility index (Phi) is 11.9. The van der Waals surface area contributed by atoms with Crippen molar-refractivity contribution in [3.63, 3.8) is 0 Å². The summed E-state index contributed by atoms with van der Waals surface area (Å²) < 4.78 is 21.2. The van der Waals surface area contributed by atoms with E-state index in [2.05, 4.69) is 54.4 Å². The van der Waals surface area contributed by atoms with Gasteiger partial charge in [0.2, 0.25) is 5.91 Å². The molecular weight excluding hydrogens is 516 g/mol. The third-order valence-electron chi connectivity index (χ3n) is 6.73. The number of nitrogens with zero attached hydrogens (tertiary/aromatic N) is 2. The molecule has 0 unspecified atom stereocenters. The van der Waals surface area contributed by atoms with Gasteiger partial charge < -0.3 is 34.2 Å². The number of ether oxygens (including phenoxy) is 3. The quantitative estimate of drug-likeness (QED) is 0.213. The van der Waals surface area contributed by atoms with Gasteiger partial charge in [-0.2, -0.15) is 0 Å². The maximum atomic E-state index is 12.9. The van der Waals surface area contributed by atoms with Gasteiger partial charge in [-0.1, -0.05) is 20.8 Å². The summed E-state index contributed by atoms with van der Waals surface area (Å²) in [5, 5.41) is 8.09. The largest absolute Gasteiger partial charge is 0.467 e. The monoisotopic (exact) mass is 558 g/mol. The van der Waals surface area contributed by atoms with Gasteiger partial charge in [0.15, 0.2) is 13.4 Å². The van der Waals surface area contributed by atoms with Crippen LogP contribution in [-0.4, -0.2) is 96.9 Å². The number of esters is 1. The van der Waals surface area contributed by atoms with E-state index in [1.807, 2.05) is 0 Å². The summed E-state index contributed by atoms with van der Waals surface area (Å²) >= 11 is 1.37. The Morgan fingerprint density at radius 1 is 1.19 bits per heavy atom. The lowest BCUT2D eigenvalue weighted by atomic mass is 10.1. The topological polar surface area (TPSA) is 128 Å². The van der Waals surface area contributed by atoms with Gasteiger partial charge in [-0.15, -0.1) is 11.3 Å². The third kappa shape index (κ3) is 9.64. The molecule has 11 nitrogen and oxygen atoms in total. The molecule has 1 aliphatic heterocycles. The van der Waals surface area contributed by atoms with Crippen LogP contribution in [0.15, 0.2) is 5.38 Å². The number of hydrogen-bond acceptors (Lipinski definition) is 10. The van der Waals surface area contributed by atoms with Crippen LogP contribution in [0.5, 0.6) is 0 Å². The normalized spacial score (nSPS) is 15.8. The number of anilines is 1. The van der Waals surface area contributed by atoms with Crippen molar-refractivity contribution in [2.24, 2.45) is 0 Å². The van der Waals surface area contributed by atoms with Crippen molar-refractivity contribution in [3.05, 3.63) is 11.1 Å². The molecule has 2 amide bonds. The van der Waals surface area contributed by atoms with Crippen LogP contribution in [0.1, 0.15) is 44.1 Å². The molecule has 1 fully saturated rings. The maximum absolute atomic E-state index is 12.9. The second-order valence-electron chi connectivity index (χ2n) is 10.5. The zero-order valence-corrected chi connectivity index (χ0v) is 24.9. The van der Waals surface area contributed by atoms with E-state index in [-0.39, 0.29) is 35.9 Å². The van der Waals surface area contributed by atoms with Gasteiger partial charge in [-0.05, 0) is 31.0 Å². The van der Waals surface area contributed by atoms with Crippen LogP contribution in [0, 0.1) is 0 Å². The van der Waals surface area contributed by atoms with E-state index in [9.17, 15) is 14.4 Å². The molecule has 0 aliphatic carbocycles. The Labute approximate surface area is 224 Å². The predicted molar refractivity (Wildman–Crippen MR) is 145 cm³/mol. The van der Waals surface area contributed by atoms with Crippen LogP contribution in [0.25, 0.3) is 0 Å². The molecule has 1 aromatic heterocycles. The van der Waals surface area contributed by atoms with E-state index in [0.717, 1.165) is 18.0 Å². The highest BCUT2D eigenvalue weighted by molar-refractivity contribution is 7.13. The van der Waals surface area contributed by atoms with Gasteiger partial charge in [0, 0.05) is 31.6 Å². The lowest BCUT2D eigenvalue weighted by Gasteiger charge is -2.37. The van der Waals surface area contributed by atoms with E-state index < -0.39 is 26.2 Å². The van der Waals surface area contributed by atoms with Crippen molar-refractivity contribution in [3.8, 4) is 0 Å². The number of nitrogens with one attached hydrogen (secondary N) is 2. The summed E-state index contributed by atoms with van der Waals surface area (Å²) in [4.78, 5) is 43.8. The molecule has 0 spiro atoms. The number of piperidine rings is 1. The fraction of sp³-hybridized carbons (Fsp3) is 0.750. The van der Waals surface area contributed by atoms with Crippen LogP contribution in [0.2, 0.25) is 18.1 Å². The molecule has 1 aromatic rings. The first-order chi connectivity index (χ1) is 17.4. The number of aromatic nitrogens is 1. The Morgan fingerprint density at radius 3 is 2.46 bits per heavy atom. The number of thiazole rings is 1. The SMILES string of the molecule is COCCOCC(=O)NC1CCN(c2nc(C(=O)N[C@@H](CO[Si](C)(C)C(C)(C)C)C(=O)OC)cs2)CC1. The van der Waals surface area contributed by atoms with Crippen LogP contribution < -0.4 is 15.5 Å². The first-order valence-electron chi connectivity index (χ1n) is 12.5. The first kappa shape index (κ1) is 31.2. The Bertz CT molecular complexity index is 898. The van der Waals surface area contributed by atoms with Crippen molar-refractivity contribution >= 4 is 42.6 Å². The van der Waals surface area contributed by atoms with Crippen molar-refractivity contribution in [2.75, 3.05) is 58.6 Å². The van der Waals surface area contributed by atoms with E-state index >= 15 is 0 Å². The van der Waals surface area contributed by atoms with Crippen molar-refractivity contribution in [1.29, 1.82) is 0 Å². The summed E-state index contributed by atoms with van der Waals surface area (Å²) in [6.07, 6.45) is 1.53. The smallest absolute Gasteiger partial charge is 0.330 e. The number of amides is 2. The van der Waals surface area contributed by atoms with Gasteiger partial charge in [0.1, 0.15) is 18.3 Å². The second-order valence-corrected chi connectivity index (χ2v) is 16.2. The summed E-state index contributed by atoms with van der Waals surface area (Å²) in [6, 6.07) is -0.853. The average Bonchev–Trinajstić information content (AvgIpc) is 3.34. The number of carbonyl (C=O) groups is 3. The third-order valence-corrected chi connectivity index (χ3v) is 12.1. The average molecular weight is 559 g/mol. The molecule has 2 heterocycles. The Morgan fingerprint density at radius 2 is 1.86 bits per heavy atom. The fourth-order valence-electron chi connectivity index (χ4n) is 3.36. The molecule has 1 aliphatic rings. The Hall–Kier alpha value is -2.06. The number of carbonyl (C=O) groups excluding carboxylic acids is 3. The van der Waals surface area contributed by atoms with Gasteiger partial charge >= 0.3 is 5.97 Å². The summed E-state index contributed by atoms with van der Waals surface area (Å²) in [6.45, 7) is 12.8. The summed E-state index contributed by atoms with van der Waals surface area (Å²) in [5.41, 5.74) is 0.241. The highest BCUT2D eigenvalue weighted by Gasteiger charge is 2.38. The lowest BCUT2D eigenvalue weighted by Crippen LogP contribution is -2.49. The van der Waals surface area contributed by atoms with Gasteiger partial charge in [-0.3, -0.25) is 9.59 Å². The molecule has 37 heavy (non-hydrogen) atoms. The van der Waals surface area contributed by atoms with Crippen LogP contribution in [0.3, 0.4) is 0 Å². The summed E-state index contributed by atoms with van der Waals surface area (Å²) in [5.74, 6) is -1.15. The van der Waals surface area contributed by atoms with Crippen molar-refractivity contribution < 1.29 is 33.0 Å². The number of methoxy groups -OCH3 is 2. The predicted octanol–water partition coefficient (Wildman–Crippen LogP) is 2.18. The minimum Gasteiger partial charge on any atom is -0.467 e. The van der Waals surface area contributed by atoms with Gasteiger partial charge in [-0.25, -0.2) is 9.78 Å². The van der Waals surface area contributed by atoms with Gasteiger partial charge in [0.05, 0.1) is 26.9 Å². The van der Waals surface area contributed by atoms with Gasteiger partial charge in [0.25, 0.3) is 5.91 Å². The van der Waals surface area contributed by atoms with Crippen LogP contribution in [-0.2, 0) is 28.2 Å². The minimum absolute atomic E-state index is 0.0159. The minimum atomic E-state index is -2.12. The molecule has 0 aromatic carbocycles. The molecule has 0 saturated carbocycles. The van der Waals surface area contributed by atoms with Crippen LogP contribution in [0.4, 0.5) is 5.13 Å². The standard InChI is InChI=1S/C24H42N4O7SSi/c1-24(2,3)37(6,7)35-14-18(22(31)33-5)26-21(30)19-16-36-23(27-19)28-10-8-17(9-11-28)25-20(29)15-34-13-12-32-4/h16-18H,8-15H2,1-7H3,(H,25,29)(H,26,30)/t18-/m0/s1. The van der Waals surface area contributed by atoms with E-state index in [1.54, 1.807) is 12.5 Å². The molecule has 210 valence electrons. The fourth-order valence-corrected chi connectivity index (χ4v) is 5.23. The van der Waals surface area contributed by atoms with E-state index in [0.29, 0.717) is 26.3 Å². The molecule has 13 heteroatoms. The number of rotatable bonds is 13. The zero-order chi connectivity index (χ0) is 27.6. The molecular formula is C24H42N4O7SSi. The highest BCUT2D eigenvalue weighted by atomic mass is 32.1. The molecule has 2 N–H and O–H groups in total. The molecule has 1 saturated heterocycles. The first-order valence-corrected chi connectivity index (χ1v) is 16.3. The molecule has 1 atom stereocenters. The van der Waals surface area contributed by atoms with E-state index in [4.69, 9.17) is 18.6 Å². The zero-order valence-electron chi connectivity index (χ0n) is 23.0. The van der Waals surface area contributed by atoms with Crippen LogP contribution >= 0.6 is 11.3 Å². The van der Waals surface area contributed by atoms with Crippen molar-refractivity contribution in [1.82, 2.24) is 15.6 Å². The second kappa shape index (κ2) is 14.2. The van der Waals surface area contributed by atoms with Crippen molar-refractivity contribution in [2.45, 2.75) is 63.8 Å². The molecule has 0 radical (unpaired) electrons. The molecule has 0 bridgehead atoms.